The number of nitrogens with one attached hydrogen (secondary N) is 1. The largest absolute Gasteiger partial charge is 0.325 e. The highest BCUT2D eigenvalue weighted by Gasteiger charge is 2.13. The first-order valence-electron chi connectivity index (χ1n) is 7.97. The number of hydrogen-bond donors (Lipinski definition) is 1. The second kappa shape index (κ2) is 7.96. The fourth-order valence-corrected chi connectivity index (χ4v) is 3.14. The molecule has 0 saturated heterocycles. The zero-order valence-electron chi connectivity index (χ0n) is 14.6. The number of nitro groups is 1. The van der Waals surface area contributed by atoms with Gasteiger partial charge in [-0.15, -0.1) is 5.10 Å². The quantitative estimate of drug-likeness (QED) is 0.394. The van der Waals surface area contributed by atoms with Crippen molar-refractivity contribution in [2.24, 2.45) is 0 Å². The Hall–Kier alpha value is -3.27. The predicted molar refractivity (Wildman–Crippen MR) is 101 cm³/mol. The highest BCUT2D eigenvalue weighted by atomic mass is 32.2. The summed E-state index contributed by atoms with van der Waals surface area (Å²) < 4.78 is 1.60. The number of nitro benzene ring substituents is 1. The molecule has 1 aromatic heterocycles. The number of carbonyl (C=O) groups excluding carboxylic acids is 1. The number of rotatable bonds is 6. The van der Waals surface area contributed by atoms with Crippen molar-refractivity contribution in [3.05, 3.63) is 63.7 Å². The van der Waals surface area contributed by atoms with E-state index in [2.05, 4.69) is 20.8 Å². The predicted octanol–water partition coefficient (Wildman–Crippen LogP) is 2.92. The van der Waals surface area contributed by atoms with E-state index in [1.165, 1.54) is 36.0 Å². The molecule has 0 spiro atoms. The van der Waals surface area contributed by atoms with Gasteiger partial charge in [0.1, 0.15) is 0 Å². The van der Waals surface area contributed by atoms with Crippen molar-refractivity contribution in [3.63, 3.8) is 0 Å². The Morgan fingerprint density at radius 1 is 1.22 bits per heavy atom. The van der Waals surface area contributed by atoms with Crippen LogP contribution >= 0.6 is 11.8 Å². The number of tetrazole rings is 1. The third-order valence-electron chi connectivity index (χ3n) is 3.72. The number of hydrogen-bond acceptors (Lipinski definition) is 7. The van der Waals surface area contributed by atoms with Crippen LogP contribution in [0.1, 0.15) is 11.1 Å². The van der Waals surface area contributed by atoms with Crippen LogP contribution in [-0.4, -0.2) is 36.8 Å². The Morgan fingerprint density at radius 3 is 2.63 bits per heavy atom. The molecule has 1 amide bonds. The Kier molecular flexibility index (Phi) is 5.46. The van der Waals surface area contributed by atoms with Crippen molar-refractivity contribution in [3.8, 4) is 5.69 Å². The Bertz CT molecular complexity index is 987. The molecule has 10 heteroatoms. The van der Waals surface area contributed by atoms with E-state index in [4.69, 9.17) is 0 Å². The number of amides is 1. The molecule has 0 radical (unpaired) electrons. The number of benzene rings is 2. The lowest BCUT2D eigenvalue weighted by molar-refractivity contribution is -0.384. The maximum Gasteiger partial charge on any atom is 0.269 e. The fraction of sp³-hybridized carbons (Fsp3) is 0.176. The van der Waals surface area contributed by atoms with E-state index in [0.717, 1.165) is 16.8 Å². The summed E-state index contributed by atoms with van der Waals surface area (Å²) in [5.74, 6) is -0.161. The molecule has 138 valence electrons. The van der Waals surface area contributed by atoms with Gasteiger partial charge in [-0.2, -0.15) is 4.68 Å². The summed E-state index contributed by atoms with van der Waals surface area (Å²) >= 11 is 1.20. The molecule has 0 saturated carbocycles. The van der Waals surface area contributed by atoms with Crippen LogP contribution in [0.4, 0.5) is 11.4 Å². The average molecular weight is 384 g/mol. The topological polar surface area (TPSA) is 116 Å². The summed E-state index contributed by atoms with van der Waals surface area (Å²) in [6.45, 7) is 3.98. The van der Waals surface area contributed by atoms with Gasteiger partial charge in [0.25, 0.3) is 5.69 Å². The molecule has 0 unspecified atom stereocenters. The van der Waals surface area contributed by atoms with Crippen molar-refractivity contribution in [2.45, 2.75) is 19.0 Å². The van der Waals surface area contributed by atoms with Crippen molar-refractivity contribution >= 4 is 29.0 Å². The van der Waals surface area contributed by atoms with Crippen molar-refractivity contribution < 1.29 is 9.72 Å². The fourth-order valence-electron chi connectivity index (χ4n) is 2.46. The molecule has 3 aromatic rings. The standard InChI is InChI=1S/C17H16N6O3S/c1-11-3-8-15(12(2)9-11)22-17(19-20-21-22)27-10-16(24)18-13-4-6-14(7-5-13)23(25)26/h3-9H,10H2,1-2H3,(H,18,24). The normalized spacial score (nSPS) is 10.6. The lowest BCUT2D eigenvalue weighted by atomic mass is 10.1. The van der Waals surface area contributed by atoms with E-state index >= 15 is 0 Å². The van der Waals surface area contributed by atoms with Gasteiger partial charge in [-0.05, 0) is 48.0 Å². The molecule has 27 heavy (non-hydrogen) atoms. The highest BCUT2D eigenvalue weighted by Crippen LogP contribution is 2.22. The summed E-state index contributed by atoms with van der Waals surface area (Å²) in [6, 6.07) is 11.6. The first-order chi connectivity index (χ1) is 12.9. The molecule has 0 fully saturated rings. The van der Waals surface area contributed by atoms with Crippen LogP contribution in [0.3, 0.4) is 0 Å². The van der Waals surface area contributed by atoms with Crippen molar-refractivity contribution in [2.75, 3.05) is 11.1 Å². The number of anilines is 1. The zero-order chi connectivity index (χ0) is 19.4. The SMILES string of the molecule is Cc1ccc(-n2nnnc2SCC(=O)Nc2ccc([N+](=O)[O-])cc2)c(C)c1. The van der Waals surface area contributed by atoms with Crippen LogP contribution in [0.5, 0.6) is 0 Å². The van der Waals surface area contributed by atoms with Gasteiger partial charge >= 0.3 is 0 Å². The number of aryl methyl sites for hydroxylation is 2. The van der Waals surface area contributed by atoms with Crippen LogP contribution in [0.2, 0.25) is 0 Å². The van der Waals surface area contributed by atoms with Gasteiger partial charge in [-0.25, -0.2) is 0 Å². The van der Waals surface area contributed by atoms with Gasteiger partial charge in [-0.3, -0.25) is 14.9 Å². The average Bonchev–Trinajstić information content (AvgIpc) is 3.09. The third kappa shape index (κ3) is 4.47. The van der Waals surface area contributed by atoms with Gasteiger partial charge in [-0.1, -0.05) is 29.5 Å². The van der Waals surface area contributed by atoms with Crippen LogP contribution in [0, 0.1) is 24.0 Å². The lowest BCUT2D eigenvalue weighted by Crippen LogP contribution is -2.14. The van der Waals surface area contributed by atoms with Crippen molar-refractivity contribution in [1.29, 1.82) is 0 Å². The van der Waals surface area contributed by atoms with E-state index in [1.807, 2.05) is 32.0 Å². The molecule has 0 bridgehead atoms. The third-order valence-corrected chi connectivity index (χ3v) is 4.63. The molecule has 1 N–H and O–H groups in total. The molecule has 2 aromatic carbocycles. The molecule has 0 atom stereocenters. The van der Waals surface area contributed by atoms with Crippen LogP contribution in [0.15, 0.2) is 47.6 Å². The second-order valence-corrected chi connectivity index (χ2v) is 6.75. The van der Waals surface area contributed by atoms with Crippen LogP contribution in [-0.2, 0) is 4.79 Å². The van der Waals surface area contributed by atoms with Gasteiger partial charge in [0, 0.05) is 17.8 Å². The molecule has 1 heterocycles. The van der Waals surface area contributed by atoms with Gasteiger partial charge in [0.05, 0.1) is 16.4 Å². The second-order valence-electron chi connectivity index (χ2n) is 5.80. The molecular formula is C17H16N6O3S. The lowest BCUT2D eigenvalue weighted by Gasteiger charge is -2.08. The molecule has 0 aliphatic rings. The van der Waals surface area contributed by atoms with Crippen LogP contribution in [0.25, 0.3) is 5.69 Å². The molecule has 0 aliphatic heterocycles. The minimum Gasteiger partial charge on any atom is -0.325 e. The summed E-state index contributed by atoms with van der Waals surface area (Å²) in [5.41, 5.74) is 3.47. The number of thioether (sulfide) groups is 1. The maximum atomic E-state index is 12.1. The van der Waals surface area contributed by atoms with E-state index in [9.17, 15) is 14.9 Å². The minimum atomic E-state index is -0.492. The molecule has 0 aliphatic carbocycles. The summed E-state index contributed by atoms with van der Waals surface area (Å²) in [7, 11) is 0. The first kappa shape index (κ1) is 18.5. The number of carbonyl (C=O) groups is 1. The number of aromatic nitrogens is 4. The summed E-state index contributed by atoms with van der Waals surface area (Å²) in [5, 5.41) is 25.5. The minimum absolute atomic E-state index is 0.0324. The van der Waals surface area contributed by atoms with Crippen molar-refractivity contribution in [1.82, 2.24) is 20.2 Å². The van der Waals surface area contributed by atoms with E-state index in [0.29, 0.717) is 10.8 Å². The Balaban J connectivity index is 1.64. The monoisotopic (exact) mass is 384 g/mol. The zero-order valence-corrected chi connectivity index (χ0v) is 15.4. The first-order valence-corrected chi connectivity index (χ1v) is 8.96. The van der Waals surface area contributed by atoms with E-state index in [-0.39, 0.29) is 17.3 Å². The van der Waals surface area contributed by atoms with Gasteiger partial charge in [0.2, 0.25) is 11.1 Å². The maximum absolute atomic E-state index is 12.1. The number of nitrogens with zero attached hydrogens (tertiary/aromatic N) is 5. The number of non-ortho nitro benzene ring substituents is 1. The Labute approximate surface area is 158 Å². The van der Waals surface area contributed by atoms with Gasteiger partial charge in [0.15, 0.2) is 0 Å². The summed E-state index contributed by atoms with van der Waals surface area (Å²) in [4.78, 5) is 22.3. The Morgan fingerprint density at radius 2 is 1.96 bits per heavy atom. The van der Waals surface area contributed by atoms with E-state index in [1.54, 1.807) is 4.68 Å². The molecule has 9 nitrogen and oxygen atoms in total. The van der Waals surface area contributed by atoms with E-state index < -0.39 is 4.92 Å². The summed E-state index contributed by atoms with van der Waals surface area (Å²) in [6.07, 6.45) is 0. The molecular weight excluding hydrogens is 368 g/mol. The van der Waals surface area contributed by atoms with Crippen LogP contribution < -0.4 is 5.32 Å². The smallest absolute Gasteiger partial charge is 0.269 e. The van der Waals surface area contributed by atoms with Gasteiger partial charge < -0.3 is 5.32 Å². The highest BCUT2D eigenvalue weighted by molar-refractivity contribution is 7.99. The molecule has 3 rings (SSSR count).